The third kappa shape index (κ3) is 4.21. The van der Waals surface area contributed by atoms with Gasteiger partial charge in [-0.15, -0.1) is 0 Å². The number of ketones is 1. The van der Waals surface area contributed by atoms with Gasteiger partial charge in [0.05, 0.1) is 5.56 Å². The van der Waals surface area contributed by atoms with E-state index in [2.05, 4.69) is 5.32 Å². The van der Waals surface area contributed by atoms with E-state index in [4.69, 9.17) is 10.4 Å². The second kappa shape index (κ2) is 7.61. The molecule has 0 saturated carbocycles. The molecule has 24 heavy (non-hydrogen) atoms. The Morgan fingerprint density at radius 3 is 2.50 bits per heavy atom. The van der Waals surface area contributed by atoms with E-state index in [1.54, 1.807) is 18.2 Å². The van der Waals surface area contributed by atoms with E-state index in [0.29, 0.717) is 5.56 Å². The van der Waals surface area contributed by atoms with Crippen molar-refractivity contribution in [1.29, 1.82) is 5.26 Å². The number of nitrogens with one attached hydrogen (secondary N) is 1. The highest BCUT2D eigenvalue weighted by molar-refractivity contribution is 6.36. The number of hydrogen-bond donors (Lipinski definition) is 3. The second-order valence-corrected chi connectivity index (χ2v) is 4.92. The molecule has 3 N–H and O–H groups in total. The molecule has 6 nitrogen and oxygen atoms in total. The molecule has 0 saturated heterocycles. The van der Waals surface area contributed by atoms with Gasteiger partial charge in [-0.2, -0.15) is 5.26 Å². The van der Waals surface area contributed by atoms with E-state index < -0.39 is 11.7 Å². The number of nitriles is 1. The molecule has 0 aliphatic carbocycles. The first-order chi connectivity index (χ1) is 11.5. The van der Waals surface area contributed by atoms with E-state index in [9.17, 15) is 14.7 Å². The van der Waals surface area contributed by atoms with Crippen LogP contribution in [0, 0.1) is 11.3 Å². The van der Waals surface area contributed by atoms with Gasteiger partial charge in [0.2, 0.25) is 5.78 Å². The van der Waals surface area contributed by atoms with E-state index in [1.165, 1.54) is 36.5 Å². The molecule has 1 amide bonds. The van der Waals surface area contributed by atoms with Crippen molar-refractivity contribution in [2.24, 2.45) is 0 Å². The van der Waals surface area contributed by atoms with Gasteiger partial charge in [0.1, 0.15) is 17.6 Å². The summed E-state index contributed by atoms with van der Waals surface area (Å²) >= 11 is 0. The van der Waals surface area contributed by atoms with Crippen molar-refractivity contribution in [3.05, 3.63) is 65.4 Å². The first kappa shape index (κ1) is 16.8. The monoisotopic (exact) mass is 322 g/mol. The molecule has 0 heterocycles. The predicted octanol–water partition coefficient (Wildman–Crippen LogP) is 1.87. The van der Waals surface area contributed by atoms with Gasteiger partial charge >= 0.3 is 0 Å². The van der Waals surface area contributed by atoms with Crippen molar-refractivity contribution in [2.45, 2.75) is 6.42 Å². The van der Waals surface area contributed by atoms with Gasteiger partial charge in [-0.05, 0) is 35.4 Å². The number of carbonyl (C=O) groups is 2. The van der Waals surface area contributed by atoms with Gasteiger partial charge in [0, 0.05) is 12.6 Å². The quantitative estimate of drug-likeness (QED) is 0.728. The van der Waals surface area contributed by atoms with Crippen LogP contribution in [-0.4, -0.2) is 21.9 Å². The third-order valence-electron chi connectivity index (χ3n) is 3.23. The summed E-state index contributed by atoms with van der Waals surface area (Å²) in [5.74, 6) is -1.65. The van der Waals surface area contributed by atoms with Crippen LogP contribution >= 0.6 is 0 Å². The zero-order chi connectivity index (χ0) is 17.5. The molecule has 0 unspecified atom stereocenters. The molecule has 2 aromatic carbocycles. The van der Waals surface area contributed by atoms with Crippen molar-refractivity contribution < 1.29 is 19.8 Å². The predicted molar refractivity (Wildman–Crippen MR) is 86.8 cm³/mol. The summed E-state index contributed by atoms with van der Waals surface area (Å²) in [6.45, 7) is 0. The lowest BCUT2D eigenvalue weighted by Crippen LogP contribution is -2.28. The van der Waals surface area contributed by atoms with Gasteiger partial charge in [-0.1, -0.05) is 24.3 Å². The summed E-state index contributed by atoms with van der Waals surface area (Å²) in [6, 6.07) is 12.4. The van der Waals surface area contributed by atoms with E-state index in [1.807, 2.05) is 6.07 Å². The maximum Gasteiger partial charge on any atom is 0.291 e. The SMILES string of the molecule is N#Cc1c(O)cccc1CC(=O)C(=O)N/C=C/c1ccc(O)cc1. The average molecular weight is 322 g/mol. The molecular formula is C18H14N2O4. The van der Waals surface area contributed by atoms with Crippen molar-refractivity contribution in [1.82, 2.24) is 5.32 Å². The third-order valence-corrected chi connectivity index (χ3v) is 3.23. The minimum atomic E-state index is -0.822. The summed E-state index contributed by atoms with van der Waals surface area (Å²) in [5, 5.41) is 30.1. The van der Waals surface area contributed by atoms with Crippen LogP contribution in [0.5, 0.6) is 11.5 Å². The Hall–Kier alpha value is -3.59. The van der Waals surface area contributed by atoms with Crippen molar-refractivity contribution >= 4 is 17.8 Å². The number of Topliss-reactive ketones (excluding diaryl/α,β-unsaturated/α-hetero) is 1. The Balaban J connectivity index is 1.98. The van der Waals surface area contributed by atoms with E-state index in [0.717, 1.165) is 5.56 Å². The molecule has 0 aliphatic rings. The van der Waals surface area contributed by atoms with Gasteiger partial charge in [0.25, 0.3) is 5.91 Å². The fourth-order valence-electron chi connectivity index (χ4n) is 2.00. The normalized spacial score (nSPS) is 10.3. The zero-order valence-electron chi connectivity index (χ0n) is 12.6. The molecular weight excluding hydrogens is 308 g/mol. The van der Waals surface area contributed by atoms with Crippen molar-refractivity contribution in [3.8, 4) is 17.6 Å². The Kier molecular flexibility index (Phi) is 5.32. The number of aromatic hydroxyl groups is 2. The average Bonchev–Trinajstić information content (AvgIpc) is 2.56. The van der Waals surface area contributed by atoms with Crippen LogP contribution in [0.1, 0.15) is 16.7 Å². The summed E-state index contributed by atoms with van der Waals surface area (Å²) in [6.07, 6.45) is 2.61. The second-order valence-electron chi connectivity index (χ2n) is 4.92. The van der Waals surface area contributed by atoms with Crippen LogP contribution < -0.4 is 5.32 Å². The van der Waals surface area contributed by atoms with Crippen LogP contribution in [0.3, 0.4) is 0 Å². The lowest BCUT2D eigenvalue weighted by Gasteiger charge is -2.04. The lowest BCUT2D eigenvalue weighted by molar-refractivity contribution is -0.136. The molecule has 0 radical (unpaired) electrons. The fraction of sp³-hybridized carbons (Fsp3) is 0.0556. The molecule has 2 aromatic rings. The Morgan fingerprint density at radius 1 is 1.12 bits per heavy atom. The maximum atomic E-state index is 11.9. The Labute approximate surface area is 138 Å². The highest BCUT2D eigenvalue weighted by Gasteiger charge is 2.16. The number of phenols is 2. The molecule has 0 spiro atoms. The van der Waals surface area contributed by atoms with Crippen LogP contribution in [0.15, 0.2) is 48.7 Å². The molecule has 2 rings (SSSR count). The lowest BCUT2D eigenvalue weighted by atomic mass is 10.0. The van der Waals surface area contributed by atoms with Crippen LogP contribution in [0.25, 0.3) is 6.08 Å². The standard InChI is InChI=1S/C18H14N2O4/c19-11-15-13(2-1-3-16(15)22)10-17(23)18(24)20-9-8-12-4-6-14(21)7-5-12/h1-9,21-22H,10H2,(H,20,24)/b9-8+. The molecule has 0 atom stereocenters. The smallest absolute Gasteiger partial charge is 0.291 e. The van der Waals surface area contributed by atoms with Gasteiger partial charge in [-0.25, -0.2) is 0 Å². The number of nitrogens with zero attached hydrogens (tertiary/aromatic N) is 1. The first-order valence-corrected chi connectivity index (χ1v) is 7.01. The number of phenolic OH excluding ortho intramolecular Hbond substituents is 2. The molecule has 0 aliphatic heterocycles. The number of rotatable bonds is 5. The van der Waals surface area contributed by atoms with Gasteiger partial charge in [0.15, 0.2) is 0 Å². The summed E-state index contributed by atoms with van der Waals surface area (Å²) in [7, 11) is 0. The Morgan fingerprint density at radius 2 is 1.83 bits per heavy atom. The molecule has 0 fully saturated rings. The van der Waals surface area contributed by atoms with Crippen LogP contribution in [0.4, 0.5) is 0 Å². The van der Waals surface area contributed by atoms with Gasteiger partial charge in [-0.3, -0.25) is 9.59 Å². The molecule has 6 heteroatoms. The zero-order valence-corrected chi connectivity index (χ0v) is 12.6. The number of carbonyl (C=O) groups excluding carboxylic acids is 2. The Bertz CT molecular complexity index is 833. The summed E-state index contributed by atoms with van der Waals surface area (Å²) < 4.78 is 0. The molecule has 0 bridgehead atoms. The topological polar surface area (TPSA) is 110 Å². The highest BCUT2D eigenvalue weighted by atomic mass is 16.3. The summed E-state index contributed by atoms with van der Waals surface area (Å²) in [5.41, 5.74) is 1.01. The molecule has 120 valence electrons. The molecule has 0 aromatic heterocycles. The minimum absolute atomic E-state index is 0.0155. The van der Waals surface area contributed by atoms with E-state index >= 15 is 0 Å². The fourth-order valence-corrected chi connectivity index (χ4v) is 2.00. The first-order valence-electron chi connectivity index (χ1n) is 7.01. The number of benzene rings is 2. The largest absolute Gasteiger partial charge is 0.508 e. The van der Waals surface area contributed by atoms with Crippen molar-refractivity contribution in [2.75, 3.05) is 0 Å². The number of amides is 1. The highest BCUT2D eigenvalue weighted by Crippen LogP contribution is 2.20. The van der Waals surface area contributed by atoms with E-state index in [-0.39, 0.29) is 23.5 Å². The van der Waals surface area contributed by atoms with Crippen LogP contribution in [0.2, 0.25) is 0 Å². The minimum Gasteiger partial charge on any atom is -0.508 e. The van der Waals surface area contributed by atoms with Crippen LogP contribution in [-0.2, 0) is 16.0 Å². The summed E-state index contributed by atoms with van der Waals surface area (Å²) in [4.78, 5) is 23.7. The number of hydrogen-bond acceptors (Lipinski definition) is 5. The van der Waals surface area contributed by atoms with Gasteiger partial charge < -0.3 is 15.5 Å². The maximum absolute atomic E-state index is 11.9. The van der Waals surface area contributed by atoms with Crippen molar-refractivity contribution in [3.63, 3.8) is 0 Å².